The summed E-state index contributed by atoms with van der Waals surface area (Å²) < 4.78 is 15.0. The molecule has 2 aromatic carbocycles. The van der Waals surface area contributed by atoms with E-state index in [9.17, 15) is 9.18 Å². The molecule has 27 heavy (non-hydrogen) atoms. The Hall–Kier alpha value is -2.80. The third-order valence-electron chi connectivity index (χ3n) is 5.08. The summed E-state index contributed by atoms with van der Waals surface area (Å²) in [5.74, 6) is -0.161. The van der Waals surface area contributed by atoms with Gasteiger partial charge in [-0.25, -0.2) is 9.07 Å². The maximum absolute atomic E-state index is 13.3. The van der Waals surface area contributed by atoms with Crippen molar-refractivity contribution in [1.29, 1.82) is 0 Å². The normalized spacial score (nSPS) is 16.6. The summed E-state index contributed by atoms with van der Waals surface area (Å²) in [6, 6.07) is 13.9. The average Bonchev–Trinajstić information content (AvgIpc) is 3.12. The van der Waals surface area contributed by atoms with Crippen LogP contribution in [0.2, 0.25) is 0 Å². The van der Waals surface area contributed by atoms with E-state index in [1.54, 1.807) is 16.8 Å². The Morgan fingerprint density at radius 2 is 1.89 bits per heavy atom. The van der Waals surface area contributed by atoms with Gasteiger partial charge in [0.15, 0.2) is 0 Å². The summed E-state index contributed by atoms with van der Waals surface area (Å²) in [5, 5.41) is 8.30. The van der Waals surface area contributed by atoms with Crippen molar-refractivity contribution in [2.75, 3.05) is 26.2 Å². The van der Waals surface area contributed by atoms with Gasteiger partial charge >= 0.3 is 0 Å². The molecule has 1 amide bonds. The number of aromatic nitrogens is 3. The zero-order valence-corrected chi connectivity index (χ0v) is 15.3. The first kappa shape index (κ1) is 17.6. The van der Waals surface area contributed by atoms with Gasteiger partial charge in [-0.15, -0.1) is 5.10 Å². The maximum Gasteiger partial charge on any atom is 0.247 e. The number of amides is 1. The number of rotatable bonds is 4. The molecule has 1 saturated heterocycles. The molecule has 4 rings (SSSR count). The van der Waals surface area contributed by atoms with Gasteiger partial charge in [-0.1, -0.05) is 29.5 Å². The van der Waals surface area contributed by atoms with Crippen molar-refractivity contribution in [3.8, 4) is 0 Å². The monoisotopic (exact) mass is 367 g/mol. The first-order chi connectivity index (χ1) is 13.1. The summed E-state index contributed by atoms with van der Waals surface area (Å²) >= 11 is 0. The third-order valence-corrected chi connectivity index (χ3v) is 5.08. The van der Waals surface area contributed by atoms with E-state index in [4.69, 9.17) is 0 Å². The number of piperazine rings is 1. The van der Waals surface area contributed by atoms with E-state index >= 15 is 0 Å². The third kappa shape index (κ3) is 3.68. The van der Waals surface area contributed by atoms with E-state index in [0.29, 0.717) is 19.6 Å². The second-order valence-corrected chi connectivity index (χ2v) is 6.93. The maximum atomic E-state index is 13.3. The van der Waals surface area contributed by atoms with Crippen LogP contribution in [0.4, 0.5) is 4.39 Å². The molecule has 3 aromatic rings. The van der Waals surface area contributed by atoms with Crippen LogP contribution in [0.5, 0.6) is 0 Å². The lowest BCUT2D eigenvalue weighted by molar-refractivity contribution is -0.136. The van der Waals surface area contributed by atoms with Crippen molar-refractivity contribution in [1.82, 2.24) is 24.8 Å². The second-order valence-electron chi connectivity index (χ2n) is 6.93. The molecule has 2 heterocycles. The summed E-state index contributed by atoms with van der Waals surface area (Å²) in [6.07, 6.45) is 0. The Morgan fingerprint density at radius 3 is 2.67 bits per heavy atom. The molecule has 140 valence electrons. The van der Waals surface area contributed by atoms with Crippen molar-refractivity contribution in [3.05, 3.63) is 59.9 Å². The zero-order valence-electron chi connectivity index (χ0n) is 15.3. The number of fused-ring (bicyclic) bond motifs is 1. The predicted molar refractivity (Wildman–Crippen MR) is 100 cm³/mol. The standard InChI is InChI=1S/C20H22FN5O/c1-15(26-19-8-3-2-7-18(19)22-23-26)20(27)25-11-9-24(10-12-25)14-16-5-4-6-17(21)13-16/h2-8,13,15H,9-12,14H2,1H3. The molecule has 0 radical (unpaired) electrons. The summed E-state index contributed by atoms with van der Waals surface area (Å²) in [6.45, 7) is 5.42. The summed E-state index contributed by atoms with van der Waals surface area (Å²) in [7, 11) is 0. The van der Waals surface area contributed by atoms with Crippen molar-refractivity contribution < 1.29 is 9.18 Å². The number of nitrogens with zero attached hydrogens (tertiary/aromatic N) is 5. The van der Waals surface area contributed by atoms with E-state index in [-0.39, 0.29) is 11.7 Å². The van der Waals surface area contributed by atoms with Crippen molar-refractivity contribution >= 4 is 16.9 Å². The highest BCUT2D eigenvalue weighted by atomic mass is 19.1. The molecule has 0 saturated carbocycles. The molecule has 7 heteroatoms. The largest absolute Gasteiger partial charge is 0.338 e. The number of benzene rings is 2. The topological polar surface area (TPSA) is 54.3 Å². The Kier molecular flexibility index (Phi) is 4.85. The number of hydrogen-bond donors (Lipinski definition) is 0. The van der Waals surface area contributed by atoms with Gasteiger partial charge in [0.1, 0.15) is 17.4 Å². The van der Waals surface area contributed by atoms with E-state index in [2.05, 4.69) is 15.2 Å². The van der Waals surface area contributed by atoms with Crippen molar-refractivity contribution in [2.24, 2.45) is 0 Å². The van der Waals surface area contributed by atoms with Crippen LogP contribution in [0.1, 0.15) is 18.5 Å². The minimum atomic E-state index is -0.396. The molecule has 0 spiro atoms. The van der Waals surface area contributed by atoms with Crippen molar-refractivity contribution in [2.45, 2.75) is 19.5 Å². The Morgan fingerprint density at radius 1 is 1.11 bits per heavy atom. The van der Waals surface area contributed by atoms with E-state index < -0.39 is 6.04 Å². The number of para-hydroxylation sites is 1. The molecule has 0 N–H and O–H groups in total. The summed E-state index contributed by atoms with van der Waals surface area (Å²) in [5.41, 5.74) is 2.61. The average molecular weight is 367 g/mol. The van der Waals surface area contributed by atoms with Gasteiger partial charge in [-0.3, -0.25) is 9.69 Å². The smallest absolute Gasteiger partial charge is 0.247 e. The highest BCUT2D eigenvalue weighted by Gasteiger charge is 2.27. The molecule has 0 aliphatic carbocycles. The second kappa shape index (κ2) is 7.44. The molecular weight excluding hydrogens is 345 g/mol. The number of hydrogen-bond acceptors (Lipinski definition) is 4. The molecule has 1 unspecified atom stereocenters. The van der Waals surface area contributed by atoms with Crippen LogP contribution in [0.25, 0.3) is 11.0 Å². The van der Waals surface area contributed by atoms with Gasteiger partial charge in [0.25, 0.3) is 0 Å². The Bertz CT molecular complexity index is 948. The lowest BCUT2D eigenvalue weighted by Crippen LogP contribution is -2.50. The molecule has 6 nitrogen and oxygen atoms in total. The molecule has 1 atom stereocenters. The van der Waals surface area contributed by atoms with Gasteiger partial charge in [-0.05, 0) is 36.8 Å². The summed E-state index contributed by atoms with van der Waals surface area (Å²) in [4.78, 5) is 17.0. The highest BCUT2D eigenvalue weighted by molar-refractivity contribution is 5.83. The SMILES string of the molecule is CC(C(=O)N1CCN(Cc2cccc(F)c2)CC1)n1nnc2ccccc21. The molecule has 1 aliphatic rings. The van der Waals surface area contributed by atoms with Crippen LogP contribution in [-0.2, 0) is 11.3 Å². The van der Waals surface area contributed by atoms with Crippen LogP contribution in [0.15, 0.2) is 48.5 Å². The number of carbonyl (C=O) groups excluding carboxylic acids is 1. The molecule has 1 fully saturated rings. The van der Waals surface area contributed by atoms with Gasteiger partial charge in [0.05, 0.1) is 5.52 Å². The van der Waals surface area contributed by atoms with E-state index in [1.165, 1.54) is 6.07 Å². The number of halogens is 1. The van der Waals surface area contributed by atoms with Gasteiger partial charge < -0.3 is 4.90 Å². The van der Waals surface area contributed by atoms with Gasteiger partial charge in [0, 0.05) is 32.7 Å². The predicted octanol–water partition coefficient (Wildman–Crippen LogP) is 2.48. The number of carbonyl (C=O) groups is 1. The Balaban J connectivity index is 1.38. The van der Waals surface area contributed by atoms with Crippen LogP contribution in [-0.4, -0.2) is 56.9 Å². The van der Waals surface area contributed by atoms with Crippen molar-refractivity contribution in [3.63, 3.8) is 0 Å². The first-order valence-corrected chi connectivity index (χ1v) is 9.17. The minimum absolute atomic E-state index is 0.0519. The van der Waals surface area contributed by atoms with E-state index in [1.807, 2.05) is 42.2 Å². The molecule has 1 aliphatic heterocycles. The highest BCUT2D eigenvalue weighted by Crippen LogP contribution is 2.18. The van der Waals surface area contributed by atoms with Crippen LogP contribution < -0.4 is 0 Å². The van der Waals surface area contributed by atoms with Crippen LogP contribution in [0, 0.1) is 5.82 Å². The van der Waals surface area contributed by atoms with Gasteiger partial charge in [-0.2, -0.15) is 0 Å². The fourth-order valence-electron chi connectivity index (χ4n) is 3.56. The fraction of sp³-hybridized carbons (Fsp3) is 0.350. The first-order valence-electron chi connectivity index (χ1n) is 9.17. The molecule has 0 bridgehead atoms. The van der Waals surface area contributed by atoms with Crippen LogP contribution in [0.3, 0.4) is 0 Å². The van der Waals surface area contributed by atoms with E-state index in [0.717, 1.165) is 29.7 Å². The molecule has 1 aromatic heterocycles. The molecular formula is C20H22FN5O. The van der Waals surface area contributed by atoms with Gasteiger partial charge in [0.2, 0.25) is 5.91 Å². The quantitative estimate of drug-likeness (QED) is 0.711. The van der Waals surface area contributed by atoms with Crippen LogP contribution >= 0.6 is 0 Å². The lowest BCUT2D eigenvalue weighted by atomic mass is 10.2. The lowest BCUT2D eigenvalue weighted by Gasteiger charge is -2.36. The zero-order chi connectivity index (χ0) is 18.8. The minimum Gasteiger partial charge on any atom is -0.338 e. The fourth-order valence-corrected chi connectivity index (χ4v) is 3.56. The Labute approximate surface area is 157 Å².